The van der Waals surface area contributed by atoms with Gasteiger partial charge < -0.3 is 10.6 Å². The van der Waals surface area contributed by atoms with Gasteiger partial charge in [0.2, 0.25) is 0 Å². The van der Waals surface area contributed by atoms with Crippen molar-refractivity contribution in [2.45, 2.75) is 23.9 Å². The smallest absolute Gasteiger partial charge is 0.101 e. The van der Waals surface area contributed by atoms with Crippen molar-refractivity contribution in [2.24, 2.45) is 0 Å². The number of nitrogens with one attached hydrogen (secondary N) is 2. The Labute approximate surface area is 304 Å². The van der Waals surface area contributed by atoms with Crippen molar-refractivity contribution in [1.82, 2.24) is 0 Å². The number of nitriles is 2. The van der Waals surface area contributed by atoms with Crippen molar-refractivity contribution in [2.75, 3.05) is 10.6 Å². The molecule has 2 unspecified atom stereocenters. The van der Waals surface area contributed by atoms with Crippen molar-refractivity contribution in [3.8, 4) is 12.1 Å². The first-order valence-electron chi connectivity index (χ1n) is 17.6. The largest absolute Gasteiger partial charge is 0.372 e. The second-order valence-corrected chi connectivity index (χ2v) is 13.4. The first-order chi connectivity index (χ1) is 25.6. The summed E-state index contributed by atoms with van der Waals surface area (Å²) in [7, 11) is 0. The molecule has 0 saturated heterocycles. The minimum atomic E-state index is -0.436. The van der Waals surface area contributed by atoms with Crippen LogP contribution < -0.4 is 10.6 Å². The van der Waals surface area contributed by atoms with Gasteiger partial charge in [-0.25, -0.2) is 0 Å². The summed E-state index contributed by atoms with van der Waals surface area (Å²) in [6, 6.07) is 50.1. The Balaban J connectivity index is 1.08. The molecule has 0 saturated carbocycles. The summed E-state index contributed by atoms with van der Waals surface area (Å²) < 4.78 is 0. The monoisotopic (exact) mass is 668 g/mol. The fourth-order valence-corrected chi connectivity index (χ4v) is 7.67. The van der Waals surface area contributed by atoms with Crippen LogP contribution in [-0.2, 0) is 11.1 Å². The van der Waals surface area contributed by atoms with Gasteiger partial charge in [0.1, 0.15) is 12.1 Å². The Morgan fingerprint density at radius 3 is 1.25 bits per heavy atom. The quantitative estimate of drug-likeness (QED) is 0.125. The molecule has 0 aliphatic heterocycles. The van der Waals surface area contributed by atoms with Crippen LogP contribution in [0.25, 0.3) is 32.7 Å². The number of nitrogens with zero attached hydrogens (tertiary/aromatic N) is 2. The van der Waals surface area contributed by atoms with Crippen molar-refractivity contribution in [1.29, 1.82) is 10.5 Å². The highest BCUT2D eigenvalue weighted by Gasteiger charge is 2.32. The van der Waals surface area contributed by atoms with Crippen LogP contribution in [0.2, 0.25) is 0 Å². The normalized spacial score (nSPS) is 19.5. The van der Waals surface area contributed by atoms with Crippen LogP contribution in [0.5, 0.6) is 0 Å². The highest BCUT2D eigenvalue weighted by Crippen LogP contribution is 2.40. The third-order valence-corrected chi connectivity index (χ3v) is 10.2. The minimum Gasteiger partial charge on any atom is -0.372 e. The molecule has 4 heteroatoms. The van der Waals surface area contributed by atoms with Gasteiger partial charge in [0.15, 0.2) is 0 Å². The predicted molar refractivity (Wildman–Crippen MR) is 215 cm³/mol. The number of benzene rings is 6. The van der Waals surface area contributed by atoms with Crippen molar-refractivity contribution in [3.05, 3.63) is 204 Å². The van der Waals surface area contributed by atoms with E-state index in [1.165, 1.54) is 32.7 Å². The Morgan fingerprint density at radius 1 is 0.462 bits per heavy atom. The number of allylic oxidation sites excluding steroid dienone is 6. The summed E-state index contributed by atoms with van der Waals surface area (Å²) >= 11 is 0. The maximum atomic E-state index is 10.4. The Bertz CT molecular complexity index is 2350. The molecule has 0 radical (unpaired) electrons. The number of hydrogen-bond acceptors (Lipinski definition) is 4. The molecule has 2 aliphatic rings. The third-order valence-electron chi connectivity index (χ3n) is 10.2. The zero-order valence-corrected chi connectivity index (χ0v) is 28.6. The van der Waals surface area contributed by atoms with Gasteiger partial charge >= 0.3 is 0 Å². The molecule has 2 N–H and O–H groups in total. The predicted octanol–water partition coefficient (Wildman–Crippen LogP) is 11.6. The summed E-state index contributed by atoms with van der Waals surface area (Å²) in [6.07, 6.45) is 18.8. The van der Waals surface area contributed by atoms with Gasteiger partial charge in [-0.15, -0.1) is 0 Å². The molecule has 2 aliphatic carbocycles. The van der Waals surface area contributed by atoms with Crippen LogP contribution in [0.3, 0.4) is 0 Å². The van der Waals surface area contributed by atoms with E-state index in [1.54, 1.807) is 0 Å². The second kappa shape index (κ2) is 13.8. The first-order valence-corrected chi connectivity index (χ1v) is 17.6. The van der Waals surface area contributed by atoms with Gasteiger partial charge in [-0.1, -0.05) is 158 Å². The molecule has 4 nitrogen and oxygen atoms in total. The first kappa shape index (κ1) is 32.3. The maximum Gasteiger partial charge on any atom is 0.101 e. The van der Waals surface area contributed by atoms with Gasteiger partial charge in [0.25, 0.3) is 0 Å². The minimum absolute atomic E-state index is 0.339. The van der Waals surface area contributed by atoms with E-state index < -0.39 is 11.1 Å². The van der Waals surface area contributed by atoms with Crippen LogP contribution in [0.15, 0.2) is 182 Å². The SMILES string of the molecule is N#C/C(=C(\C#N)c1ccc(NC2(c3cccc4ccccc34)C=CC=CC2)cc1)c1ccc(NC2(c3cccc4ccccc34)C=CC=CC2)cc1. The molecule has 0 heterocycles. The van der Waals surface area contributed by atoms with Gasteiger partial charge in [0, 0.05) is 11.4 Å². The molecule has 6 aromatic rings. The number of hydrogen-bond donors (Lipinski definition) is 2. The number of fused-ring (bicyclic) bond motifs is 2. The molecule has 8 rings (SSSR count). The zero-order valence-electron chi connectivity index (χ0n) is 28.6. The van der Waals surface area contributed by atoms with E-state index in [4.69, 9.17) is 0 Å². The van der Waals surface area contributed by atoms with Crippen LogP contribution in [-0.4, -0.2) is 0 Å². The lowest BCUT2D eigenvalue weighted by molar-refractivity contribution is 0.623. The molecule has 248 valence electrons. The average Bonchev–Trinajstić information content (AvgIpc) is 3.21. The summed E-state index contributed by atoms with van der Waals surface area (Å²) in [6.45, 7) is 0. The number of rotatable bonds is 8. The van der Waals surface area contributed by atoms with E-state index in [9.17, 15) is 10.5 Å². The van der Waals surface area contributed by atoms with E-state index in [0.29, 0.717) is 22.3 Å². The molecule has 0 spiro atoms. The van der Waals surface area contributed by atoms with Crippen LogP contribution in [0.1, 0.15) is 35.1 Å². The van der Waals surface area contributed by atoms with Gasteiger partial charge in [-0.05, 0) is 80.9 Å². The lowest BCUT2D eigenvalue weighted by atomic mass is 9.81. The topological polar surface area (TPSA) is 71.6 Å². The van der Waals surface area contributed by atoms with Crippen molar-refractivity contribution < 1.29 is 0 Å². The Hall–Kier alpha value is -6.88. The Morgan fingerprint density at radius 2 is 0.865 bits per heavy atom. The summed E-state index contributed by atoms with van der Waals surface area (Å²) in [5, 5.41) is 33.2. The van der Waals surface area contributed by atoms with Gasteiger partial charge in [-0.2, -0.15) is 10.5 Å². The molecule has 6 aromatic carbocycles. The lowest BCUT2D eigenvalue weighted by Gasteiger charge is -2.35. The molecular formula is C48H36N4. The molecule has 0 bridgehead atoms. The molecule has 0 amide bonds. The van der Waals surface area contributed by atoms with Gasteiger partial charge in [-0.3, -0.25) is 0 Å². The molecule has 0 fully saturated rings. The highest BCUT2D eigenvalue weighted by molar-refractivity contribution is 6.03. The molecule has 2 atom stereocenters. The van der Waals surface area contributed by atoms with Crippen LogP contribution in [0, 0.1) is 22.7 Å². The highest BCUT2D eigenvalue weighted by atomic mass is 15.0. The average molecular weight is 669 g/mol. The van der Waals surface area contributed by atoms with Crippen molar-refractivity contribution >= 4 is 44.1 Å². The van der Waals surface area contributed by atoms with Crippen molar-refractivity contribution in [3.63, 3.8) is 0 Å². The standard InChI is InChI=1S/C48H36N4/c49-33-43(37-21-25-39(26-22-37)51-47(29-7-1-8-30-47)45-19-11-15-35-13-3-5-17-41(35)45)44(34-50)38-23-27-40(28-24-38)52-48(31-9-2-10-32-48)46-20-12-16-36-14-4-6-18-42(36)46/h1-29,31,51-52H,30,32H2/b44-43-. The molecule has 52 heavy (non-hydrogen) atoms. The van der Waals surface area contributed by atoms with Crippen LogP contribution in [0.4, 0.5) is 11.4 Å². The van der Waals surface area contributed by atoms with E-state index in [-0.39, 0.29) is 0 Å². The summed E-state index contributed by atoms with van der Waals surface area (Å²) in [5.41, 5.74) is 5.46. The summed E-state index contributed by atoms with van der Waals surface area (Å²) in [5.74, 6) is 0. The van der Waals surface area contributed by atoms with E-state index in [2.05, 4.69) is 156 Å². The molecule has 0 aromatic heterocycles. The van der Waals surface area contributed by atoms with E-state index in [1.807, 2.05) is 48.5 Å². The fourth-order valence-electron chi connectivity index (χ4n) is 7.67. The van der Waals surface area contributed by atoms with Gasteiger partial charge in [0.05, 0.1) is 22.2 Å². The third kappa shape index (κ3) is 5.98. The fraction of sp³-hybridized carbons (Fsp3) is 0.0833. The number of anilines is 2. The molecular weight excluding hydrogens is 633 g/mol. The summed E-state index contributed by atoms with van der Waals surface area (Å²) in [4.78, 5) is 0. The van der Waals surface area contributed by atoms with E-state index in [0.717, 1.165) is 24.2 Å². The van der Waals surface area contributed by atoms with E-state index >= 15 is 0 Å². The zero-order chi connectivity index (χ0) is 35.4. The second-order valence-electron chi connectivity index (χ2n) is 13.4. The van der Waals surface area contributed by atoms with Crippen LogP contribution >= 0.6 is 0 Å². The lowest BCUT2D eigenvalue weighted by Crippen LogP contribution is -2.34. The Kier molecular flexibility index (Phi) is 8.58. The maximum absolute atomic E-state index is 10.4.